The molecule has 3 aromatic rings. The Morgan fingerprint density at radius 1 is 1.04 bits per heavy atom. The molecule has 2 N–H and O–H groups in total. The smallest absolute Gasteiger partial charge is 0.257 e. The molecule has 0 saturated heterocycles. The number of nitrogens with one attached hydrogen (secondary N) is 2. The van der Waals surface area contributed by atoms with Gasteiger partial charge in [0.2, 0.25) is 5.91 Å². The van der Waals surface area contributed by atoms with Gasteiger partial charge in [-0.1, -0.05) is 30.3 Å². The molecule has 1 heterocycles. The first-order chi connectivity index (χ1) is 12.1. The number of carbonyl (C=O) groups excluding carboxylic acids is 2. The Morgan fingerprint density at radius 2 is 1.84 bits per heavy atom. The van der Waals surface area contributed by atoms with Crippen molar-refractivity contribution in [2.45, 2.75) is 13.3 Å². The lowest BCUT2D eigenvalue weighted by Gasteiger charge is -2.04. The minimum atomic E-state index is -0.217. The highest BCUT2D eigenvalue weighted by Crippen LogP contribution is 2.17. The number of nitrogens with zero attached hydrogens (tertiary/aromatic N) is 1. The van der Waals surface area contributed by atoms with E-state index < -0.39 is 0 Å². The number of thiazole rings is 1. The van der Waals surface area contributed by atoms with Crippen molar-refractivity contribution in [3.63, 3.8) is 0 Å². The lowest BCUT2D eigenvalue weighted by atomic mass is 10.2. The number of aromatic nitrogens is 1. The van der Waals surface area contributed by atoms with Crippen LogP contribution in [0, 0.1) is 6.92 Å². The van der Waals surface area contributed by atoms with Gasteiger partial charge in [-0.05, 0) is 36.8 Å². The number of anilines is 2. The van der Waals surface area contributed by atoms with E-state index in [0.29, 0.717) is 16.4 Å². The Morgan fingerprint density at radius 3 is 2.60 bits per heavy atom. The van der Waals surface area contributed by atoms with E-state index >= 15 is 0 Å². The first-order valence-electron chi connectivity index (χ1n) is 7.77. The summed E-state index contributed by atoms with van der Waals surface area (Å²) >= 11 is 1.30. The maximum absolute atomic E-state index is 12.1. The Kier molecular flexibility index (Phi) is 5.20. The van der Waals surface area contributed by atoms with Crippen LogP contribution in [0.2, 0.25) is 0 Å². The van der Waals surface area contributed by atoms with Crippen molar-refractivity contribution in [2.24, 2.45) is 0 Å². The number of rotatable bonds is 5. The summed E-state index contributed by atoms with van der Waals surface area (Å²) in [7, 11) is 0. The van der Waals surface area contributed by atoms with E-state index in [-0.39, 0.29) is 18.2 Å². The molecule has 3 rings (SSSR count). The maximum atomic E-state index is 12.1. The molecule has 0 saturated carbocycles. The summed E-state index contributed by atoms with van der Waals surface area (Å²) in [6, 6.07) is 16.5. The molecule has 0 aliphatic carbocycles. The SMILES string of the molecule is Cc1cccc(NC(=O)Cc2csc(NC(=O)c3ccccc3)n2)c1. The molecule has 0 unspecified atom stereocenters. The van der Waals surface area contributed by atoms with E-state index in [9.17, 15) is 9.59 Å². The van der Waals surface area contributed by atoms with E-state index in [0.717, 1.165) is 11.3 Å². The van der Waals surface area contributed by atoms with E-state index in [1.165, 1.54) is 11.3 Å². The van der Waals surface area contributed by atoms with Crippen LogP contribution in [0.25, 0.3) is 0 Å². The Hall–Kier alpha value is -2.99. The molecular formula is C19H17N3O2S. The molecule has 0 bridgehead atoms. The molecule has 5 nitrogen and oxygen atoms in total. The van der Waals surface area contributed by atoms with Gasteiger partial charge in [-0.25, -0.2) is 4.98 Å². The van der Waals surface area contributed by atoms with Crippen molar-refractivity contribution in [3.8, 4) is 0 Å². The van der Waals surface area contributed by atoms with Gasteiger partial charge in [0.05, 0.1) is 12.1 Å². The molecule has 0 atom stereocenters. The van der Waals surface area contributed by atoms with Gasteiger partial charge < -0.3 is 5.32 Å². The second-order valence-corrected chi connectivity index (χ2v) is 6.42. The first kappa shape index (κ1) is 16.9. The van der Waals surface area contributed by atoms with Gasteiger partial charge in [-0.3, -0.25) is 14.9 Å². The van der Waals surface area contributed by atoms with Crippen LogP contribution >= 0.6 is 11.3 Å². The molecule has 6 heteroatoms. The van der Waals surface area contributed by atoms with Crippen molar-refractivity contribution < 1.29 is 9.59 Å². The van der Waals surface area contributed by atoms with Crippen LogP contribution in [0.5, 0.6) is 0 Å². The van der Waals surface area contributed by atoms with Crippen molar-refractivity contribution >= 4 is 34.0 Å². The summed E-state index contributed by atoms with van der Waals surface area (Å²) < 4.78 is 0. The van der Waals surface area contributed by atoms with Crippen molar-refractivity contribution in [2.75, 3.05) is 10.6 Å². The number of hydrogen-bond acceptors (Lipinski definition) is 4. The molecule has 126 valence electrons. The van der Waals surface area contributed by atoms with Gasteiger partial charge in [-0.15, -0.1) is 11.3 Å². The van der Waals surface area contributed by atoms with E-state index in [4.69, 9.17) is 0 Å². The number of hydrogen-bond donors (Lipinski definition) is 2. The van der Waals surface area contributed by atoms with Gasteiger partial charge in [-0.2, -0.15) is 0 Å². The molecular weight excluding hydrogens is 334 g/mol. The van der Waals surface area contributed by atoms with Gasteiger partial charge in [0.1, 0.15) is 0 Å². The van der Waals surface area contributed by atoms with Gasteiger partial charge >= 0.3 is 0 Å². The molecule has 0 fully saturated rings. The zero-order chi connectivity index (χ0) is 17.6. The normalized spacial score (nSPS) is 10.3. The highest BCUT2D eigenvalue weighted by molar-refractivity contribution is 7.14. The van der Waals surface area contributed by atoms with E-state index in [1.807, 2.05) is 37.3 Å². The van der Waals surface area contributed by atoms with E-state index in [1.54, 1.807) is 29.6 Å². The molecule has 25 heavy (non-hydrogen) atoms. The van der Waals surface area contributed by atoms with Crippen LogP contribution in [-0.4, -0.2) is 16.8 Å². The summed E-state index contributed by atoms with van der Waals surface area (Å²) in [6.45, 7) is 1.97. The molecule has 0 aliphatic heterocycles. The Bertz CT molecular complexity index is 890. The predicted octanol–water partition coefficient (Wildman–Crippen LogP) is 3.89. The van der Waals surface area contributed by atoms with Crippen LogP contribution in [-0.2, 0) is 11.2 Å². The van der Waals surface area contributed by atoms with Crippen LogP contribution in [0.15, 0.2) is 60.0 Å². The maximum Gasteiger partial charge on any atom is 0.257 e. The first-order valence-corrected chi connectivity index (χ1v) is 8.65. The minimum Gasteiger partial charge on any atom is -0.326 e. The van der Waals surface area contributed by atoms with E-state index in [2.05, 4.69) is 15.6 Å². The number of amides is 2. The number of aryl methyl sites for hydroxylation is 1. The quantitative estimate of drug-likeness (QED) is 0.733. The third-order valence-electron chi connectivity index (χ3n) is 3.45. The highest BCUT2D eigenvalue weighted by Gasteiger charge is 2.11. The van der Waals surface area contributed by atoms with Crippen LogP contribution in [0.4, 0.5) is 10.8 Å². The third-order valence-corrected chi connectivity index (χ3v) is 4.26. The second-order valence-electron chi connectivity index (χ2n) is 5.56. The third kappa shape index (κ3) is 4.74. The van der Waals surface area contributed by atoms with Crippen LogP contribution < -0.4 is 10.6 Å². The number of benzene rings is 2. The fourth-order valence-corrected chi connectivity index (χ4v) is 3.00. The van der Waals surface area contributed by atoms with Gasteiger partial charge in [0, 0.05) is 16.6 Å². The van der Waals surface area contributed by atoms with Crippen LogP contribution in [0.3, 0.4) is 0 Å². The monoisotopic (exact) mass is 351 g/mol. The fourth-order valence-electron chi connectivity index (χ4n) is 2.30. The lowest BCUT2D eigenvalue weighted by molar-refractivity contribution is -0.115. The topological polar surface area (TPSA) is 71.1 Å². The van der Waals surface area contributed by atoms with Crippen LogP contribution in [0.1, 0.15) is 21.6 Å². The average Bonchev–Trinajstić information content (AvgIpc) is 3.02. The summed E-state index contributed by atoms with van der Waals surface area (Å²) in [5, 5.41) is 7.84. The second kappa shape index (κ2) is 7.72. The minimum absolute atomic E-state index is 0.142. The zero-order valence-electron chi connectivity index (χ0n) is 13.7. The average molecular weight is 351 g/mol. The van der Waals surface area contributed by atoms with Gasteiger partial charge in [0.15, 0.2) is 5.13 Å². The number of carbonyl (C=O) groups is 2. The molecule has 0 aliphatic rings. The molecule has 2 aromatic carbocycles. The summed E-state index contributed by atoms with van der Waals surface area (Å²) in [6.07, 6.45) is 0.158. The summed E-state index contributed by atoms with van der Waals surface area (Å²) in [5.74, 6) is -0.359. The Labute approximate surface area is 149 Å². The predicted molar refractivity (Wildman–Crippen MR) is 100 cm³/mol. The van der Waals surface area contributed by atoms with Crippen molar-refractivity contribution in [1.82, 2.24) is 4.98 Å². The fraction of sp³-hybridized carbons (Fsp3) is 0.105. The largest absolute Gasteiger partial charge is 0.326 e. The van der Waals surface area contributed by atoms with Crippen molar-refractivity contribution in [3.05, 3.63) is 76.8 Å². The van der Waals surface area contributed by atoms with Crippen molar-refractivity contribution in [1.29, 1.82) is 0 Å². The molecule has 0 spiro atoms. The highest BCUT2D eigenvalue weighted by atomic mass is 32.1. The van der Waals surface area contributed by atoms with Gasteiger partial charge in [0.25, 0.3) is 5.91 Å². The summed E-state index contributed by atoms with van der Waals surface area (Å²) in [4.78, 5) is 28.5. The lowest BCUT2D eigenvalue weighted by Crippen LogP contribution is -2.15. The Balaban J connectivity index is 1.58. The molecule has 0 radical (unpaired) electrons. The standard InChI is InChI=1S/C19H17N3O2S/c1-13-6-5-9-15(10-13)20-17(23)11-16-12-25-19(21-16)22-18(24)14-7-3-2-4-8-14/h2-10,12H,11H2,1H3,(H,20,23)(H,21,22,24). The molecule has 1 aromatic heterocycles. The zero-order valence-corrected chi connectivity index (χ0v) is 14.5. The molecule has 2 amide bonds. The summed E-state index contributed by atoms with van der Waals surface area (Å²) in [5.41, 5.74) is 3.03.